The second-order valence-corrected chi connectivity index (χ2v) is 5.27. The van der Waals surface area contributed by atoms with Gasteiger partial charge in [-0.15, -0.1) is 0 Å². The third kappa shape index (κ3) is 9.30. The first-order valence-electron chi connectivity index (χ1n) is 5.55. The number of hydrogen-bond acceptors (Lipinski definition) is 2. The van der Waals surface area contributed by atoms with Crippen molar-refractivity contribution < 1.29 is 4.79 Å². The lowest BCUT2D eigenvalue weighted by Crippen LogP contribution is -2.42. The Labute approximate surface area is 97.9 Å². The van der Waals surface area contributed by atoms with Crippen LogP contribution in [0.2, 0.25) is 0 Å². The average Bonchev–Trinajstić information content (AvgIpc) is 2.08. The molecule has 0 atom stereocenters. The molecule has 0 spiro atoms. The topological polar surface area (TPSA) is 79.5 Å². The Hall–Kier alpha value is -1.26. The molecule has 94 valence electrons. The number of rotatable bonds is 4. The average molecular weight is 228 g/mol. The maximum atomic E-state index is 11.4. The van der Waals surface area contributed by atoms with Gasteiger partial charge in [0.2, 0.25) is 5.91 Å². The van der Waals surface area contributed by atoms with Crippen molar-refractivity contribution in [1.82, 2.24) is 10.6 Å². The second-order valence-electron chi connectivity index (χ2n) is 5.27. The van der Waals surface area contributed by atoms with Gasteiger partial charge in [-0.25, -0.2) is 4.99 Å². The van der Waals surface area contributed by atoms with E-state index in [2.05, 4.69) is 29.5 Å². The van der Waals surface area contributed by atoms with Crippen LogP contribution in [-0.4, -0.2) is 30.5 Å². The standard InChI is InChI=1S/C11H24N4O/c1-8(2)6-13-10(12)14-7-9(16)15-11(3,4)5/h8H,6-7H2,1-5H3,(H,15,16)(H3,12,13,14). The lowest BCUT2D eigenvalue weighted by molar-refractivity contribution is -0.121. The van der Waals surface area contributed by atoms with Crippen LogP contribution in [0.3, 0.4) is 0 Å². The van der Waals surface area contributed by atoms with Gasteiger partial charge in [-0.1, -0.05) is 13.8 Å². The van der Waals surface area contributed by atoms with Crippen molar-refractivity contribution in [2.24, 2.45) is 16.6 Å². The molecule has 5 heteroatoms. The number of guanidine groups is 1. The summed E-state index contributed by atoms with van der Waals surface area (Å²) in [6.07, 6.45) is 0. The van der Waals surface area contributed by atoms with E-state index in [9.17, 15) is 4.79 Å². The minimum Gasteiger partial charge on any atom is -0.370 e. The number of aliphatic imine (C=N–C) groups is 1. The monoisotopic (exact) mass is 228 g/mol. The molecule has 1 amide bonds. The summed E-state index contributed by atoms with van der Waals surface area (Å²) >= 11 is 0. The molecule has 0 aliphatic rings. The number of hydrogen-bond donors (Lipinski definition) is 3. The molecule has 0 saturated carbocycles. The Bertz CT molecular complexity index is 253. The molecule has 4 N–H and O–H groups in total. The van der Waals surface area contributed by atoms with Gasteiger partial charge in [0.05, 0.1) is 0 Å². The highest BCUT2D eigenvalue weighted by atomic mass is 16.2. The molecular weight excluding hydrogens is 204 g/mol. The minimum absolute atomic E-state index is 0.0637. The molecule has 16 heavy (non-hydrogen) atoms. The number of carbonyl (C=O) groups excluding carboxylic acids is 1. The molecule has 0 aliphatic carbocycles. The molecule has 0 aromatic rings. The Morgan fingerprint density at radius 3 is 2.38 bits per heavy atom. The van der Waals surface area contributed by atoms with Crippen LogP contribution in [0.15, 0.2) is 4.99 Å². The van der Waals surface area contributed by atoms with Crippen LogP contribution < -0.4 is 16.4 Å². The molecule has 0 fully saturated rings. The van der Waals surface area contributed by atoms with Gasteiger partial charge < -0.3 is 16.4 Å². The molecule has 0 aromatic carbocycles. The smallest absolute Gasteiger partial charge is 0.242 e. The van der Waals surface area contributed by atoms with Crippen molar-refractivity contribution in [2.75, 3.05) is 13.1 Å². The van der Waals surface area contributed by atoms with Crippen molar-refractivity contribution in [3.63, 3.8) is 0 Å². The summed E-state index contributed by atoms with van der Waals surface area (Å²) in [5.41, 5.74) is 5.36. The summed E-state index contributed by atoms with van der Waals surface area (Å²) in [5, 5.41) is 5.76. The summed E-state index contributed by atoms with van der Waals surface area (Å²) in [6.45, 7) is 10.8. The molecule has 0 heterocycles. The third-order valence-electron chi connectivity index (χ3n) is 1.60. The second kappa shape index (κ2) is 6.35. The van der Waals surface area contributed by atoms with E-state index in [0.717, 1.165) is 6.54 Å². The van der Waals surface area contributed by atoms with Gasteiger partial charge in [-0.05, 0) is 26.7 Å². The van der Waals surface area contributed by atoms with Crippen LogP contribution in [0.25, 0.3) is 0 Å². The van der Waals surface area contributed by atoms with Crippen LogP contribution >= 0.6 is 0 Å². The Morgan fingerprint density at radius 2 is 1.94 bits per heavy atom. The minimum atomic E-state index is -0.229. The Kier molecular flexibility index (Phi) is 5.85. The van der Waals surface area contributed by atoms with Gasteiger partial charge >= 0.3 is 0 Å². The van der Waals surface area contributed by atoms with Crippen LogP contribution in [-0.2, 0) is 4.79 Å². The van der Waals surface area contributed by atoms with Crippen LogP contribution in [0, 0.1) is 5.92 Å². The van der Waals surface area contributed by atoms with Gasteiger partial charge in [0, 0.05) is 12.1 Å². The molecule has 5 nitrogen and oxygen atoms in total. The quantitative estimate of drug-likeness (QED) is 0.483. The zero-order valence-corrected chi connectivity index (χ0v) is 10.9. The van der Waals surface area contributed by atoms with Gasteiger partial charge in [-0.2, -0.15) is 0 Å². The predicted octanol–water partition coefficient (Wildman–Crippen LogP) is 0.461. The molecule has 0 aliphatic heterocycles. The van der Waals surface area contributed by atoms with Crippen molar-refractivity contribution in [3.8, 4) is 0 Å². The van der Waals surface area contributed by atoms with Gasteiger partial charge in [0.25, 0.3) is 0 Å². The molecule has 0 radical (unpaired) electrons. The first-order valence-corrected chi connectivity index (χ1v) is 5.55. The zero-order chi connectivity index (χ0) is 12.8. The van der Waals surface area contributed by atoms with Gasteiger partial charge in [0.1, 0.15) is 6.54 Å². The van der Waals surface area contributed by atoms with E-state index in [1.165, 1.54) is 0 Å². The van der Waals surface area contributed by atoms with Crippen molar-refractivity contribution in [1.29, 1.82) is 0 Å². The van der Waals surface area contributed by atoms with Gasteiger partial charge in [0.15, 0.2) is 5.96 Å². The normalized spacial score (nSPS) is 12.8. The number of carbonyl (C=O) groups is 1. The molecule has 0 aromatic heterocycles. The maximum absolute atomic E-state index is 11.4. The fourth-order valence-corrected chi connectivity index (χ4v) is 0.979. The van der Waals surface area contributed by atoms with E-state index < -0.39 is 0 Å². The largest absolute Gasteiger partial charge is 0.370 e. The SMILES string of the molecule is CC(C)CNC(N)=NCC(=O)NC(C)(C)C. The third-order valence-corrected chi connectivity index (χ3v) is 1.60. The van der Waals surface area contributed by atoms with Crippen LogP contribution in [0.1, 0.15) is 34.6 Å². The lowest BCUT2D eigenvalue weighted by Gasteiger charge is -2.19. The zero-order valence-electron chi connectivity index (χ0n) is 10.9. The van der Waals surface area contributed by atoms with E-state index in [1.807, 2.05) is 20.8 Å². The number of nitrogens with two attached hydrogens (primary N) is 1. The maximum Gasteiger partial charge on any atom is 0.242 e. The summed E-state index contributed by atoms with van der Waals surface area (Å²) in [4.78, 5) is 15.4. The summed E-state index contributed by atoms with van der Waals surface area (Å²) in [7, 11) is 0. The fraction of sp³-hybridized carbons (Fsp3) is 0.818. The van der Waals surface area contributed by atoms with E-state index in [1.54, 1.807) is 0 Å². The summed E-state index contributed by atoms with van der Waals surface area (Å²) in [6, 6.07) is 0. The highest BCUT2D eigenvalue weighted by Gasteiger charge is 2.12. The van der Waals surface area contributed by atoms with Crippen molar-refractivity contribution in [3.05, 3.63) is 0 Å². The number of nitrogens with zero attached hydrogens (tertiary/aromatic N) is 1. The molecular formula is C11H24N4O. The van der Waals surface area contributed by atoms with Gasteiger partial charge in [-0.3, -0.25) is 4.79 Å². The van der Waals surface area contributed by atoms with Crippen molar-refractivity contribution >= 4 is 11.9 Å². The number of amides is 1. The van der Waals surface area contributed by atoms with E-state index in [0.29, 0.717) is 11.9 Å². The molecule has 0 bridgehead atoms. The summed E-state index contributed by atoms with van der Waals surface area (Å²) < 4.78 is 0. The lowest BCUT2D eigenvalue weighted by atomic mass is 10.1. The highest BCUT2D eigenvalue weighted by molar-refractivity contribution is 5.84. The van der Waals surface area contributed by atoms with E-state index in [-0.39, 0.29) is 18.0 Å². The Balaban J connectivity index is 3.93. The molecule has 0 unspecified atom stereocenters. The summed E-state index contributed by atoms with van der Waals surface area (Å²) in [5.74, 6) is 0.691. The van der Waals surface area contributed by atoms with Crippen molar-refractivity contribution in [2.45, 2.75) is 40.2 Å². The highest BCUT2D eigenvalue weighted by Crippen LogP contribution is 1.97. The first-order chi connectivity index (χ1) is 7.20. The predicted molar refractivity (Wildman–Crippen MR) is 67.2 cm³/mol. The number of nitrogens with one attached hydrogen (secondary N) is 2. The molecule has 0 saturated heterocycles. The van der Waals surface area contributed by atoms with E-state index in [4.69, 9.17) is 5.73 Å². The Morgan fingerprint density at radius 1 is 1.38 bits per heavy atom. The molecule has 0 rings (SSSR count). The fourth-order valence-electron chi connectivity index (χ4n) is 0.979. The van der Waals surface area contributed by atoms with E-state index >= 15 is 0 Å². The van der Waals surface area contributed by atoms with Crippen LogP contribution in [0.4, 0.5) is 0 Å². The first kappa shape index (κ1) is 14.7. The van der Waals surface area contributed by atoms with Crippen LogP contribution in [0.5, 0.6) is 0 Å².